The van der Waals surface area contributed by atoms with Crippen molar-refractivity contribution in [3.8, 4) is 0 Å². The van der Waals surface area contributed by atoms with E-state index in [1.807, 2.05) is 13.0 Å². The summed E-state index contributed by atoms with van der Waals surface area (Å²) in [7, 11) is 0. The van der Waals surface area contributed by atoms with E-state index in [-0.39, 0.29) is 24.1 Å². The molecule has 2 N–H and O–H groups in total. The predicted octanol–water partition coefficient (Wildman–Crippen LogP) is 4.43. The predicted molar refractivity (Wildman–Crippen MR) is 131 cm³/mol. The van der Waals surface area contributed by atoms with E-state index in [1.54, 1.807) is 32.9 Å². The third-order valence-electron chi connectivity index (χ3n) is 6.35. The SMILES string of the molecule is Cc1ccc(Br)nc1NC(=O)[C@@H]1C[C@@]2(CNC(=O)c3ccccc3F)C[C@H]2N1C(=O)OC(C)(C)C. The Morgan fingerprint density at radius 3 is 2.60 bits per heavy atom. The molecule has 2 heterocycles. The molecule has 2 fully saturated rings. The first-order valence-corrected chi connectivity index (χ1v) is 12.2. The maximum Gasteiger partial charge on any atom is 0.411 e. The molecular weight excluding hydrogens is 519 g/mol. The van der Waals surface area contributed by atoms with Crippen LogP contribution in [0.5, 0.6) is 0 Å². The highest BCUT2D eigenvalue weighted by molar-refractivity contribution is 9.10. The highest BCUT2D eigenvalue weighted by atomic mass is 79.9. The monoisotopic (exact) mass is 546 g/mol. The first kappa shape index (κ1) is 25.1. The van der Waals surface area contributed by atoms with Crippen LogP contribution in [0.1, 0.15) is 49.5 Å². The van der Waals surface area contributed by atoms with Gasteiger partial charge >= 0.3 is 6.09 Å². The number of fused-ring (bicyclic) bond motifs is 1. The number of aryl methyl sites for hydroxylation is 1. The van der Waals surface area contributed by atoms with E-state index in [4.69, 9.17) is 4.74 Å². The molecule has 10 heteroatoms. The number of anilines is 1. The number of aromatic nitrogens is 1. The molecule has 2 aliphatic rings. The number of carbonyl (C=O) groups excluding carboxylic acids is 3. The van der Waals surface area contributed by atoms with E-state index in [2.05, 4.69) is 31.5 Å². The number of ether oxygens (including phenoxy) is 1. The van der Waals surface area contributed by atoms with Gasteiger partial charge in [-0.1, -0.05) is 18.2 Å². The zero-order valence-electron chi connectivity index (χ0n) is 20.0. The van der Waals surface area contributed by atoms with Gasteiger partial charge in [0.1, 0.15) is 27.9 Å². The molecule has 1 aromatic heterocycles. The Morgan fingerprint density at radius 2 is 1.91 bits per heavy atom. The van der Waals surface area contributed by atoms with E-state index >= 15 is 0 Å². The highest BCUT2D eigenvalue weighted by Crippen LogP contribution is 2.59. The second-order valence-corrected chi connectivity index (χ2v) is 11.0. The molecule has 0 spiro atoms. The fourth-order valence-corrected chi connectivity index (χ4v) is 4.83. The summed E-state index contributed by atoms with van der Waals surface area (Å²) in [5.74, 6) is -1.12. The number of hydrogen-bond donors (Lipinski definition) is 2. The Bertz CT molecular complexity index is 1180. The van der Waals surface area contributed by atoms with E-state index in [0.29, 0.717) is 23.3 Å². The van der Waals surface area contributed by atoms with E-state index in [1.165, 1.54) is 23.1 Å². The lowest BCUT2D eigenvalue weighted by atomic mass is 9.98. The first-order valence-electron chi connectivity index (χ1n) is 11.4. The molecule has 0 bridgehead atoms. The smallest absolute Gasteiger partial charge is 0.411 e. The van der Waals surface area contributed by atoms with Gasteiger partial charge in [-0.15, -0.1) is 0 Å². The van der Waals surface area contributed by atoms with Gasteiger partial charge in [0, 0.05) is 18.0 Å². The average molecular weight is 547 g/mol. The number of pyridine rings is 1. The molecule has 0 unspecified atom stereocenters. The molecule has 1 aliphatic heterocycles. The maximum atomic E-state index is 14.0. The second-order valence-electron chi connectivity index (χ2n) is 10.1. The molecule has 35 heavy (non-hydrogen) atoms. The number of carbonyl (C=O) groups is 3. The lowest BCUT2D eigenvalue weighted by Gasteiger charge is -2.29. The number of hydrogen-bond acceptors (Lipinski definition) is 5. The van der Waals surface area contributed by atoms with Gasteiger partial charge < -0.3 is 15.4 Å². The van der Waals surface area contributed by atoms with Crippen LogP contribution in [0.4, 0.5) is 15.0 Å². The number of benzene rings is 1. The first-order chi connectivity index (χ1) is 16.4. The van der Waals surface area contributed by atoms with Gasteiger partial charge in [0.05, 0.1) is 5.56 Å². The molecule has 2 aromatic rings. The summed E-state index contributed by atoms with van der Waals surface area (Å²) in [6.45, 7) is 7.33. The molecule has 0 radical (unpaired) electrons. The van der Waals surface area contributed by atoms with Crippen molar-refractivity contribution in [1.82, 2.24) is 15.2 Å². The average Bonchev–Trinajstić information content (AvgIpc) is 3.37. The Hall–Kier alpha value is -3.01. The second kappa shape index (κ2) is 9.22. The number of amides is 3. The van der Waals surface area contributed by atoms with E-state index in [9.17, 15) is 18.8 Å². The number of halogens is 2. The van der Waals surface area contributed by atoms with Gasteiger partial charge in [-0.25, -0.2) is 14.2 Å². The summed E-state index contributed by atoms with van der Waals surface area (Å²) < 4.78 is 20.2. The van der Waals surface area contributed by atoms with Crippen molar-refractivity contribution in [2.75, 3.05) is 11.9 Å². The lowest BCUT2D eigenvalue weighted by molar-refractivity contribution is -0.121. The van der Waals surface area contributed by atoms with Crippen LogP contribution in [0.3, 0.4) is 0 Å². The molecule has 3 atom stereocenters. The van der Waals surface area contributed by atoms with Crippen LogP contribution < -0.4 is 10.6 Å². The van der Waals surface area contributed by atoms with Crippen molar-refractivity contribution in [3.63, 3.8) is 0 Å². The molecular formula is C25H28BrFN4O4. The molecule has 4 rings (SSSR count). The van der Waals surface area contributed by atoms with Crippen LogP contribution in [0.15, 0.2) is 41.0 Å². The van der Waals surface area contributed by atoms with E-state index in [0.717, 1.165) is 5.56 Å². The lowest BCUT2D eigenvalue weighted by Crippen LogP contribution is -2.47. The zero-order valence-corrected chi connectivity index (χ0v) is 21.6. The molecule has 1 aromatic carbocycles. The van der Waals surface area contributed by atoms with Crippen molar-refractivity contribution in [1.29, 1.82) is 0 Å². The van der Waals surface area contributed by atoms with Crippen LogP contribution in [-0.2, 0) is 9.53 Å². The number of nitrogens with one attached hydrogen (secondary N) is 2. The quantitative estimate of drug-likeness (QED) is 0.540. The molecule has 186 valence electrons. The van der Waals surface area contributed by atoms with Crippen molar-refractivity contribution in [3.05, 3.63) is 57.9 Å². The van der Waals surface area contributed by atoms with Crippen LogP contribution in [-0.4, -0.2) is 52.0 Å². The summed E-state index contributed by atoms with van der Waals surface area (Å²) in [6.07, 6.45) is 0.371. The molecule has 1 aliphatic carbocycles. The van der Waals surface area contributed by atoms with Crippen molar-refractivity contribution in [2.24, 2.45) is 5.41 Å². The molecule has 1 saturated heterocycles. The number of rotatable bonds is 5. The number of likely N-dealkylation sites (tertiary alicyclic amines) is 1. The van der Waals surface area contributed by atoms with Gasteiger partial charge in [0.2, 0.25) is 5.91 Å². The fourth-order valence-electron chi connectivity index (χ4n) is 4.52. The Balaban J connectivity index is 1.53. The van der Waals surface area contributed by atoms with Crippen molar-refractivity contribution >= 4 is 39.7 Å². The molecule has 1 saturated carbocycles. The zero-order chi connectivity index (χ0) is 25.5. The van der Waals surface area contributed by atoms with Crippen molar-refractivity contribution in [2.45, 2.75) is 58.2 Å². The Labute approximate surface area is 211 Å². The van der Waals surface area contributed by atoms with Gasteiger partial charge in [0.15, 0.2) is 0 Å². The van der Waals surface area contributed by atoms with Gasteiger partial charge in [-0.05, 0) is 80.2 Å². The topological polar surface area (TPSA) is 101 Å². The number of nitrogens with zero attached hydrogens (tertiary/aromatic N) is 2. The largest absolute Gasteiger partial charge is 0.444 e. The van der Waals surface area contributed by atoms with Gasteiger partial charge in [0.25, 0.3) is 5.91 Å². The minimum atomic E-state index is -0.797. The van der Waals surface area contributed by atoms with Gasteiger partial charge in [-0.2, -0.15) is 0 Å². The van der Waals surface area contributed by atoms with E-state index < -0.39 is 34.9 Å². The summed E-state index contributed by atoms with van der Waals surface area (Å²) in [5, 5.41) is 5.62. The van der Waals surface area contributed by atoms with Gasteiger partial charge in [-0.3, -0.25) is 14.5 Å². The van der Waals surface area contributed by atoms with Crippen LogP contribution in [0.2, 0.25) is 0 Å². The minimum absolute atomic E-state index is 0.0476. The molecule has 3 amide bonds. The summed E-state index contributed by atoms with van der Waals surface area (Å²) in [6, 6.07) is 8.28. The van der Waals surface area contributed by atoms with Crippen LogP contribution >= 0.6 is 15.9 Å². The summed E-state index contributed by atoms with van der Waals surface area (Å²) >= 11 is 3.31. The Kier molecular flexibility index (Phi) is 6.61. The molecule has 8 nitrogen and oxygen atoms in total. The van der Waals surface area contributed by atoms with Crippen LogP contribution in [0.25, 0.3) is 0 Å². The van der Waals surface area contributed by atoms with Crippen LogP contribution in [0, 0.1) is 18.2 Å². The minimum Gasteiger partial charge on any atom is -0.444 e. The standard InChI is InChI=1S/C25H28BrFN4O4/c1-14-9-10-19(26)29-20(14)30-22(33)17-11-25(12-18(25)31(17)23(34)35-24(2,3)4)13-28-21(32)15-7-5-6-8-16(15)27/h5-10,17-18H,11-13H2,1-4H3,(H,28,32)(H,29,30,33)/t17-,18+,25-/m0/s1. The highest BCUT2D eigenvalue weighted by Gasteiger charge is 2.67. The third kappa shape index (κ3) is 5.32. The fraction of sp³-hybridized carbons (Fsp3) is 0.440. The third-order valence-corrected chi connectivity index (χ3v) is 6.79. The summed E-state index contributed by atoms with van der Waals surface area (Å²) in [5.41, 5.74) is -0.492. The number of piperidine rings is 1. The normalized spacial score (nSPS) is 22.9. The summed E-state index contributed by atoms with van der Waals surface area (Å²) in [4.78, 5) is 44.8. The maximum absolute atomic E-state index is 14.0. The Morgan fingerprint density at radius 1 is 1.20 bits per heavy atom. The van der Waals surface area contributed by atoms with Crippen molar-refractivity contribution < 1.29 is 23.5 Å².